The van der Waals surface area contributed by atoms with E-state index in [-0.39, 0.29) is 0 Å². The molecule has 1 aliphatic heterocycles. The number of nitrogens with one attached hydrogen (secondary N) is 1. The van der Waals surface area contributed by atoms with Gasteiger partial charge in [0, 0.05) is 36.4 Å². The topological polar surface area (TPSA) is 83.9 Å². The van der Waals surface area contributed by atoms with E-state index in [0.29, 0.717) is 17.2 Å². The van der Waals surface area contributed by atoms with E-state index in [1.165, 1.54) is 11.3 Å². The number of anilines is 2. The first-order valence-electron chi connectivity index (χ1n) is 8.84. The molecule has 1 unspecified atom stereocenters. The predicted octanol–water partition coefficient (Wildman–Crippen LogP) is 3.36. The summed E-state index contributed by atoms with van der Waals surface area (Å²) in [7, 11) is 3.25. The summed E-state index contributed by atoms with van der Waals surface area (Å²) in [5.41, 5.74) is 4.98. The van der Waals surface area contributed by atoms with Gasteiger partial charge in [-0.05, 0) is 35.7 Å². The van der Waals surface area contributed by atoms with Gasteiger partial charge in [0.1, 0.15) is 0 Å². The average molecular weight is 399 g/mol. The molecular formula is C20H21N3O4S. The highest BCUT2D eigenvalue weighted by molar-refractivity contribution is 7.80. The van der Waals surface area contributed by atoms with E-state index < -0.39 is 11.3 Å². The number of methoxy groups -OCH3 is 2. The molecule has 0 saturated carbocycles. The van der Waals surface area contributed by atoms with Crippen LogP contribution in [-0.2, 0) is 24.2 Å². The average Bonchev–Trinajstić information content (AvgIpc) is 3.11. The van der Waals surface area contributed by atoms with Crippen molar-refractivity contribution in [1.29, 1.82) is 0 Å². The van der Waals surface area contributed by atoms with Crippen LogP contribution in [0.1, 0.15) is 11.1 Å². The number of rotatable bonds is 6. The van der Waals surface area contributed by atoms with Gasteiger partial charge < -0.3 is 14.4 Å². The van der Waals surface area contributed by atoms with Crippen molar-refractivity contribution in [2.75, 3.05) is 30.4 Å². The largest absolute Gasteiger partial charge is 0.493 e. The van der Waals surface area contributed by atoms with Gasteiger partial charge in [0.15, 0.2) is 11.5 Å². The van der Waals surface area contributed by atoms with Crippen LogP contribution >= 0.6 is 0 Å². The van der Waals surface area contributed by atoms with Crippen LogP contribution in [0.25, 0.3) is 10.9 Å². The molecule has 0 radical (unpaired) electrons. The van der Waals surface area contributed by atoms with Crippen molar-refractivity contribution in [3.8, 4) is 11.5 Å². The molecule has 0 bridgehead atoms. The first-order chi connectivity index (χ1) is 13.6. The van der Waals surface area contributed by atoms with E-state index in [0.717, 1.165) is 36.0 Å². The summed E-state index contributed by atoms with van der Waals surface area (Å²) < 4.78 is 33.1. The van der Waals surface area contributed by atoms with Crippen molar-refractivity contribution in [2.24, 2.45) is 0 Å². The number of ether oxygens (including phenoxy) is 2. The molecule has 3 aromatic rings. The number of aromatic nitrogens is 1. The number of fused-ring (bicyclic) bond motifs is 3. The van der Waals surface area contributed by atoms with E-state index in [2.05, 4.69) is 14.6 Å². The smallest absolute Gasteiger partial charge is 0.259 e. The summed E-state index contributed by atoms with van der Waals surface area (Å²) in [5, 5.41) is 1.04. The molecule has 7 nitrogen and oxygen atoms in total. The number of pyridine rings is 1. The van der Waals surface area contributed by atoms with Crippen LogP contribution in [0.2, 0.25) is 0 Å². The lowest BCUT2D eigenvalue weighted by Gasteiger charge is -2.22. The van der Waals surface area contributed by atoms with Crippen molar-refractivity contribution >= 4 is 33.5 Å². The van der Waals surface area contributed by atoms with Crippen LogP contribution in [0.3, 0.4) is 0 Å². The molecular weight excluding hydrogens is 378 g/mol. The Hall–Kier alpha value is -2.84. The fraction of sp³-hybridized carbons (Fsp3) is 0.250. The highest BCUT2D eigenvalue weighted by Crippen LogP contribution is 2.40. The standard InChI is InChI=1S/C20H21N3O4S/c1-26-18-9-16-17(10-19(18)27-2)21-11-14-7-8-23(20(14)16)12-13-3-5-15(6-4-13)22-28(24)25/h3-6,9-11,22H,7-8,12H2,1-2H3,(H,24,25). The van der Waals surface area contributed by atoms with E-state index in [9.17, 15) is 4.21 Å². The van der Waals surface area contributed by atoms with Gasteiger partial charge in [-0.2, -0.15) is 0 Å². The number of hydrogen-bond donors (Lipinski definition) is 2. The van der Waals surface area contributed by atoms with Gasteiger partial charge in [-0.3, -0.25) is 14.3 Å². The molecule has 0 fully saturated rings. The van der Waals surface area contributed by atoms with E-state index >= 15 is 0 Å². The molecule has 1 aliphatic rings. The Morgan fingerprint density at radius 3 is 2.57 bits per heavy atom. The van der Waals surface area contributed by atoms with E-state index in [1.54, 1.807) is 26.4 Å². The SMILES string of the molecule is COc1cc2ncc3c(c2cc1OC)N(Cc1ccc(NS(=O)O)cc1)CC3. The van der Waals surface area contributed by atoms with Gasteiger partial charge in [0.25, 0.3) is 11.3 Å². The zero-order chi connectivity index (χ0) is 19.7. The zero-order valence-corrected chi connectivity index (χ0v) is 16.5. The molecule has 0 aliphatic carbocycles. The second-order valence-electron chi connectivity index (χ2n) is 6.58. The van der Waals surface area contributed by atoms with E-state index in [1.807, 2.05) is 30.5 Å². The number of hydrogen-bond acceptors (Lipinski definition) is 5. The Bertz CT molecular complexity index is 1040. The van der Waals surface area contributed by atoms with Crippen LogP contribution in [0.5, 0.6) is 11.5 Å². The van der Waals surface area contributed by atoms with Crippen molar-refractivity contribution in [1.82, 2.24) is 4.98 Å². The third-order valence-corrected chi connectivity index (χ3v) is 5.33. The number of nitrogens with zero attached hydrogens (tertiary/aromatic N) is 2. The normalized spacial score (nSPS) is 14.0. The maximum atomic E-state index is 10.9. The molecule has 4 rings (SSSR count). The second kappa shape index (κ2) is 7.65. The lowest BCUT2D eigenvalue weighted by Crippen LogP contribution is -2.20. The third-order valence-electron chi connectivity index (χ3n) is 4.92. The predicted molar refractivity (Wildman–Crippen MR) is 110 cm³/mol. The number of benzene rings is 2. The molecule has 2 aromatic carbocycles. The molecule has 8 heteroatoms. The Morgan fingerprint density at radius 2 is 1.89 bits per heavy atom. The molecule has 1 atom stereocenters. The molecule has 0 saturated heterocycles. The molecule has 0 spiro atoms. The van der Waals surface area contributed by atoms with Gasteiger partial charge >= 0.3 is 0 Å². The first kappa shape index (κ1) is 18.5. The zero-order valence-electron chi connectivity index (χ0n) is 15.6. The maximum absolute atomic E-state index is 10.9. The Balaban J connectivity index is 1.67. The molecule has 1 aromatic heterocycles. The highest BCUT2D eigenvalue weighted by atomic mass is 32.2. The van der Waals surface area contributed by atoms with Gasteiger partial charge in [0.2, 0.25) is 0 Å². The minimum absolute atomic E-state index is 0.609. The summed E-state index contributed by atoms with van der Waals surface area (Å²) in [6.07, 6.45) is 2.88. The van der Waals surface area contributed by atoms with Gasteiger partial charge in [-0.1, -0.05) is 12.1 Å². The highest BCUT2D eigenvalue weighted by Gasteiger charge is 2.23. The fourth-order valence-corrected chi connectivity index (χ4v) is 3.97. The summed E-state index contributed by atoms with van der Waals surface area (Å²) in [6, 6.07) is 11.4. The maximum Gasteiger partial charge on any atom is 0.259 e. The summed E-state index contributed by atoms with van der Waals surface area (Å²) in [6.45, 7) is 1.65. The van der Waals surface area contributed by atoms with Gasteiger partial charge in [0.05, 0.1) is 25.4 Å². The lowest BCUT2D eigenvalue weighted by molar-refractivity contribution is 0.356. The van der Waals surface area contributed by atoms with Crippen LogP contribution in [-0.4, -0.2) is 34.5 Å². The quantitative estimate of drug-likeness (QED) is 0.619. The summed E-state index contributed by atoms with van der Waals surface area (Å²) in [4.78, 5) is 6.93. The van der Waals surface area contributed by atoms with Crippen molar-refractivity contribution in [3.63, 3.8) is 0 Å². The minimum atomic E-state index is -2.07. The van der Waals surface area contributed by atoms with Crippen LogP contribution in [0, 0.1) is 0 Å². The van der Waals surface area contributed by atoms with Crippen molar-refractivity contribution < 1.29 is 18.2 Å². The summed E-state index contributed by atoms with van der Waals surface area (Å²) >= 11 is -2.07. The Morgan fingerprint density at radius 1 is 1.18 bits per heavy atom. The lowest BCUT2D eigenvalue weighted by atomic mass is 10.1. The molecule has 146 valence electrons. The van der Waals surface area contributed by atoms with Gasteiger partial charge in [-0.15, -0.1) is 0 Å². The third kappa shape index (κ3) is 3.48. The van der Waals surface area contributed by atoms with Crippen molar-refractivity contribution in [2.45, 2.75) is 13.0 Å². The minimum Gasteiger partial charge on any atom is -0.493 e. The fourth-order valence-electron chi connectivity index (χ4n) is 3.63. The van der Waals surface area contributed by atoms with Crippen molar-refractivity contribution in [3.05, 3.63) is 53.7 Å². The molecule has 2 heterocycles. The van der Waals surface area contributed by atoms with Crippen LogP contribution < -0.4 is 19.1 Å². The molecule has 28 heavy (non-hydrogen) atoms. The van der Waals surface area contributed by atoms with Crippen LogP contribution in [0.4, 0.5) is 11.4 Å². The first-order valence-corrected chi connectivity index (χ1v) is 9.94. The summed E-state index contributed by atoms with van der Waals surface area (Å²) in [5.74, 6) is 1.35. The Labute approximate surface area is 165 Å². The Kier molecular flexibility index (Phi) is 5.06. The molecule has 0 amide bonds. The van der Waals surface area contributed by atoms with E-state index in [4.69, 9.17) is 14.0 Å². The molecule has 2 N–H and O–H groups in total. The second-order valence-corrected chi connectivity index (χ2v) is 7.28. The van der Waals surface area contributed by atoms with Gasteiger partial charge in [-0.25, -0.2) is 4.21 Å². The monoisotopic (exact) mass is 399 g/mol. The van der Waals surface area contributed by atoms with Crippen LogP contribution in [0.15, 0.2) is 42.6 Å².